The first-order valence-corrected chi connectivity index (χ1v) is 8.37. The molecule has 4 rings (SSSR count). The number of rotatable bonds is 2. The molecule has 0 N–H and O–H groups in total. The number of piperidine rings is 1. The zero-order chi connectivity index (χ0) is 16.6. The van der Waals surface area contributed by atoms with Crippen molar-refractivity contribution in [1.29, 1.82) is 0 Å². The molecular weight excluding hydrogens is 302 g/mol. The fourth-order valence-corrected chi connectivity index (χ4v) is 3.79. The van der Waals surface area contributed by atoms with Crippen LogP contribution in [0.25, 0.3) is 0 Å². The number of likely N-dealkylation sites (tertiary alicyclic amines) is 1. The number of amides is 1. The van der Waals surface area contributed by atoms with Crippen LogP contribution in [0.2, 0.25) is 0 Å². The van der Waals surface area contributed by atoms with Crippen molar-refractivity contribution >= 4 is 5.91 Å². The highest BCUT2D eigenvalue weighted by Crippen LogP contribution is 2.44. The lowest BCUT2D eigenvalue weighted by Gasteiger charge is -2.39. The van der Waals surface area contributed by atoms with Crippen molar-refractivity contribution in [2.24, 2.45) is 0 Å². The molecule has 1 amide bonds. The van der Waals surface area contributed by atoms with E-state index in [9.17, 15) is 4.79 Å². The molecule has 2 aliphatic heterocycles. The maximum atomic E-state index is 12.7. The molecule has 2 aromatic rings. The number of carbonyl (C=O) groups excluding carboxylic acids is 1. The molecule has 4 heteroatoms. The van der Waals surface area contributed by atoms with Gasteiger partial charge in [0.05, 0.1) is 19.3 Å². The average molecular weight is 323 g/mol. The first-order chi connectivity index (χ1) is 11.7. The summed E-state index contributed by atoms with van der Waals surface area (Å²) in [7, 11) is 1.63. The summed E-state index contributed by atoms with van der Waals surface area (Å²) >= 11 is 0. The fraction of sp³-hybridized carbons (Fsp3) is 0.350. The third-order valence-electron chi connectivity index (χ3n) is 5.21. The Morgan fingerprint density at radius 1 is 1.08 bits per heavy atom. The van der Waals surface area contributed by atoms with Crippen LogP contribution in [-0.2, 0) is 16.9 Å². The van der Waals surface area contributed by atoms with Gasteiger partial charge in [-0.15, -0.1) is 0 Å². The first-order valence-electron chi connectivity index (χ1n) is 8.37. The molecular formula is C20H21NO3. The Bertz CT molecular complexity index is 746. The Balaban J connectivity index is 1.47. The fourth-order valence-electron chi connectivity index (χ4n) is 3.79. The van der Waals surface area contributed by atoms with E-state index < -0.39 is 0 Å². The zero-order valence-electron chi connectivity index (χ0n) is 13.8. The largest absolute Gasteiger partial charge is 0.497 e. The van der Waals surface area contributed by atoms with Crippen LogP contribution < -0.4 is 4.74 Å². The van der Waals surface area contributed by atoms with Gasteiger partial charge in [-0.1, -0.05) is 24.3 Å². The van der Waals surface area contributed by atoms with Gasteiger partial charge in [-0.25, -0.2) is 0 Å². The Hall–Kier alpha value is -2.33. The standard InChI is InChI=1S/C20H21NO3/c1-23-17-8-6-15(7-9-17)19(22)21-12-10-20(11-13-21)18-5-3-2-4-16(18)14-24-20/h2-9H,10-14H2,1H3. The Morgan fingerprint density at radius 2 is 1.79 bits per heavy atom. The molecule has 4 nitrogen and oxygen atoms in total. The van der Waals surface area contributed by atoms with Crippen molar-refractivity contribution in [2.75, 3.05) is 20.2 Å². The summed E-state index contributed by atoms with van der Waals surface area (Å²) < 4.78 is 11.3. The Kier molecular flexibility index (Phi) is 3.77. The second-order valence-corrected chi connectivity index (χ2v) is 6.46. The van der Waals surface area contributed by atoms with Crippen LogP contribution >= 0.6 is 0 Å². The molecule has 0 saturated carbocycles. The van der Waals surface area contributed by atoms with Crippen molar-refractivity contribution in [1.82, 2.24) is 4.90 Å². The average Bonchev–Trinajstić information content (AvgIpc) is 3.01. The number of benzene rings is 2. The Labute approximate surface area is 142 Å². The van der Waals surface area contributed by atoms with Crippen LogP contribution in [-0.4, -0.2) is 31.0 Å². The second kappa shape index (κ2) is 5.95. The van der Waals surface area contributed by atoms with Crippen LogP contribution in [0, 0.1) is 0 Å². The number of carbonyl (C=O) groups is 1. The van der Waals surface area contributed by atoms with E-state index in [1.54, 1.807) is 7.11 Å². The van der Waals surface area contributed by atoms with Gasteiger partial charge in [-0.3, -0.25) is 4.79 Å². The van der Waals surface area contributed by atoms with Gasteiger partial charge in [0.25, 0.3) is 5.91 Å². The first kappa shape index (κ1) is 15.2. The normalized spacial score (nSPS) is 18.5. The van der Waals surface area contributed by atoms with Gasteiger partial charge in [-0.2, -0.15) is 0 Å². The third-order valence-corrected chi connectivity index (χ3v) is 5.21. The molecule has 0 aromatic heterocycles. The Morgan fingerprint density at radius 3 is 2.50 bits per heavy atom. The number of hydrogen-bond donors (Lipinski definition) is 0. The van der Waals surface area contributed by atoms with Crippen LogP contribution in [0.1, 0.15) is 34.3 Å². The predicted octanol–water partition coefficient (Wildman–Crippen LogP) is 3.36. The minimum absolute atomic E-state index is 0.0822. The molecule has 2 aromatic carbocycles. The number of hydrogen-bond acceptors (Lipinski definition) is 3. The van der Waals surface area contributed by atoms with E-state index in [0.717, 1.165) is 31.7 Å². The highest BCUT2D eigenvalue weighted by Gasteiger charge is 2.43. The summed E-state index contributed by atoms with van der Waals surface area (Å²) in [6.45, 7) is 2.13. The van der Waals surface area contributed by atoms with E-state index in [0.29, 0.717) is 12.2 Å². The van der Waals surface area contributed by atoms with E-state index in [2.05, 4.69) is 24.3 Å². The molecule has 0 atom stereocenters. The molecule has 0 unspecified atom stereocenters. The van der Waals surface area contributed by atoms with Crippen molar-refractivity contribution in [3.63, 3.8) is 0 Å². The molecule has 24 heavy (non-hydrogen) atoms. The lowest BCUT2D eigenvalue weighted by Crippen LogP contribution is -2.45. The number of fused-ring (bicyclic) bond motifs is 2. The van der Waals surface area contributed by atoms with Crippen molar-refractivity contribution < 1.29 is 14.3 Å². The number of nitrogens with zero attached hydrogens (tertiary/aromatic N) is 1. The molecule has 1 spiro atoms. The molecule has 0 bridgehead atoms. The van der Waals surface area contributed by atoms with Gasteiger partial charge in [-0.05, 0) is 48.2 Å². The van der Waals surface area contributed by atoms with Gasteiger partial charge in [0.2, 0.25) is 0 Å². The SMILES string of the molecule is COc1ccc(C(=O)N2CCC3(CC2)OCc2ccccc23)cc1. The smallest absolute Gasteiger partial charge is 0.253 e. The second-order valence-electron chi connectivity index (χ2n) is 6.46. The van der Waals surface area contributed by atoms with Crippen LogP contribution in [0.5, 0.6) is 5.75 Å². The molecule has 124 valence electrons. The van der Waals surface area contributed by atoms with E-state index >= 15 is 0 Å². The summed E-state index contributed by atoms with van der Waals surface area (Å²) in [6.07, 6.45) is 1.71. The molecule has 2 heterocycles. The lowest BCUT2D eigenvalue weighted by atomic mass is 9.83. The van der Waals surface area contributed by atoms with Crippen molar-refractivity contribution in [3.8, 4) is 5.75 Å². The lowest BCUT2D eigenvalue weighted by molar-refractivity contribution is -0.0741. The molecule has 0 radical (unpaired) electrons. The molecule has 1 fully saturated rings. The van der Waals surface area contributed by atoms with Gasteiger partial charge >= 0.3 is 0 Å². The van der Waals surface area contributed by atoms with E-state index in [4.69, 9.17) is 9.47 Å². The topological polar surface area (TPSA) is 38.8 Å². The minimum atomic E-state index is -0.201. The van der Waals surface area contributed by atoms with E-state index in [1.807, 2.05) is 29.2 Å². The van der Waals surface area contributed by atoms with Gasteiger partial charge in [0.15, 0.2) is 0 Å². The quantitative estimate of drug-likeness (QED) is 0.851. The zero-order valence-corrected chi connectivity index (χ0v) is 13.8. The molecule has 1 saturated heterocycles. The van der Waals surface area contributed by atoms with Crippen LogP contribution in [0.3, 0.4) is 0 Å². The maximum Gasteiger partial charge on any atom is 0.253 e. The summed E-state index contributed by atoms with van der Waals surface area (Å²) in [5, 5.41) is 0. The predicted molar refractivity (Wildman–Crippen MR) is 91.0 cm³/mol. The van der Waals surface area contributed by atoms with Gasteiger partial charge in [0.1, 0.15) is 5.75 Å². The highest BCUT2D eigenvalue weighted by atomic mass is 16.5. The minimum Gasteiger partial charge on any atom is -0.497 e. The third kappa shape index (κ3) is 2.47. The van der Waals surface area contributed by atoms with Crippen molar-refractivity contribution in [3.05, 3.63) is 65.2 Å². The number of methoxy groups -OCH3 is 1. The van der Waals surface area contributed by atoms with Crippen LogP contribution in [0.15, 0.2) is 48.5 Å². The monoisotopic (exact) mass is 323 g/mol. The van der Waals surface area contributed by atoms with Gasteiger partial charge in [0, 0.05) is 18.7 Å². The van der Waals surface area contributed by atoms with Gasteiger partial charge < -0.3 is 14.4 Å². The highest BCUT2D eigenvalue weighted by molar-refractivity contribution is 5.94. The summed E-state index contributed by atoms with van der Waals surface area (Å²) in [4.78, 5) is 14.6. The molecule has 0 aliphatic carbocycles. The van der Waals surface area contributed by atoms with Crippen molar-refractivity contribution in [2.45, 2.75) is 25.0 Å². The number of ether oxygens (including phenoxy) is 2. The van der Waals surface area contributed by atoms with Crippen LogP contribution in [0.4, 0.5) is 0 Å². The molecule has 2 aliphatic rings. The summed E-state index contributed by atoms with van der Waals surface area (Å²) in [5.41, 5.74) is 3.10. The maximum absolute atomic E-state index is 12.7. The van der Waals surface area contributed by atoms with E-state index in [1.165, 1.54) is 11.1 Å². The summed E-state index contributed by atoms with van der Waals surface area (Å²) in [5.74, 6) is 0.846. The van der Waals surface area contributed by atoms with E-state index in [-0.39, 0.29) is 11.5 Å². The summed E-state index contributed by atoms with van der Waals surface area (Å²) in [6, 6.07) is 15.7.